The molecule has 0 radical (unpaired) electrons. The van der Waals surface area contributed by atoms with E-state index in [1.54, 1.807) is 6.92 Å². The molecular formula is C16H25N3O2. The van der Waals surface area contributed by atoms with Gasteiger partial charge in [-0.15, -0.1) is 0 Å². The van der Waals surface area contributed by atoms with Gasteiger partial charge in [-0.1, -0.05) is 0 Å². The van der Waals surface area contributed by atoms with E-state index in [1.165, 1.54) is 24.9 Å². The highest BCUT2D eigenvalue weighted by Gasteiger charge is 2.12. The van der Waals surface area contributed by atoms with Gasteiger partial charge in [0, 0.05) is 31.0 Å². The maximum Gasteiger partial charge on any atom is 0.319 e. The van der Waals surface area contributed by atoms with Crippen molar-refractivity contribution in [1.82, 2.24) is 5.32 Å². The third kappa shape index (κ3) is 4.63. The van der Waals surface area contributed by atoms with Gasteiger partial charge in [-0.25, -0.2) is 0 Å². The van der Waals surface area contributed by atoms with Crippen LogP contribution in [-0.4, -0.2) is 32.2 Å². The molecule has 0 aliphatic carbocycles. The summed E-state index contributed by atoms with van der Waals surface area (Å²) < 4.78 is 4.89. The Morgan fingerprint density at radius 1 is 1.33 bits per heavy atom. The average Bonchev–Trinajstić information content (AvgIpc) is 2.50. The van der Waals surface area contributed by atoms with Crippen LogP contribution in [0.3, 0.4) is 0 Å². The molecule has 116 valence electrons. The number of ether oxygens (including phenoxy) is 1. The third-order valence-electron chi connectivity index (χ3n) is 3.74. The highest BCUT2D eigenvalue weighted by molar-refractivity contribution is 5.71. The van der Waals surface area contributed by atoms with E-state index >= 15 is 0 Å². The maximum atomic E-state index is 11.3. The summed E-state index contributed by atoms with van der Waals surface area (Å²) in [7, 11) is 0. The second-order valence-electron chi connectivity index (χ2n) is 5.34. The Balaban J connectivity index is 1.93. The molecule has 1 aromatic carbocycles. The molecule has 5 heteroatoms. The van der Waals surface area contributed by atoms with Crippen molar-refractivity contribution in [2.75, 3.05) is 36.9 Å². The molecule has 1 aliphatic heterocycles. The third-order valence-corrected chi connectivity index (χ3v) is 3.74. The van der Waals surface area contributed by atoms with Gasteiger partial charge in [0.15, 0.2) is 0 Å². The molecule has 1 aromatic rings. The van der Waals surface area contributed by atoms with Gasteiger partial charge in [0.25, 0.3) is 0 Å². The van der Waals surface area contributed by atoms with Crippen molar-refractivity contribution in [2.45, 2.75) is 32.7 Å². The van der Waals surface area contributed by atoms with Crippen molar-refractivity contribution >= 4 is 17.3 Å². The van der Waals surface area contributed by atoms with Gasteiger partial charge in [-0.3, -0.25) is 4.79 Å². The smallest absolute Gasteiger partial charge is 0.319 e. The Bertz CT molecular complexity index is 471. The molecule has 0 saturated carbocycles. The van der Waals surface area contributed by atoms with E-state index in [4.69, 9.17) is 10.5 Å². The monoisotopic (exact) mass is 291 g/mol. The van der Waals surface area contributed by atoms with Crippen LogP contribution in [0.25, 0.3) is 0 Å². The standard InChI is InChI=1S/C16H25N3O2/c1-2-21-16(20)12-18-11-13-10-14(6-7-15(13)17)19-8-4-3-5-9-19/h6-7,10,18H,2-5,8-9,11-12,17H2,1H3. The van der Waals surface area contributed by atoms with E-state index in [2.05, 4.69) is 22.3 Å². The zero-order valence-electron chi connectivity index (χ0n) is 12.7. The fourth-order valence-corrected chi connectivity index (χ4v) is 2.61. The SMILES string of the molecule is CCOC(=O)CNCc1cc(N2CCCCC2)ccc1N. The number of esters is 1. The van der Waals surface area contributed by atoms with Crippen LogP contribution in [0.5, 0.6) is 0 Å². The number of anilines is 2. The average molecular weight is 291 g/mol. The van der Waals surface area contributed by atoms with Gasteiger partial charge in [0.05, 0.1) is 13.2 Å². The van der Waals surface area contributed by atoms with Crippen molar-refractivity contribution in [2.24, 2.45) is 0 Å². The Morgan fingerprint density at radius 2 is 2.10 bits per heavy atom. The molecule has 2 rings (SSSR count). The summed E-state index contributed by atoms with van der Waals surface area (Å²) in [6.07, 6.45) is 3.82. The lowest BCUT2D eigenvalue weighted by atomic mass is 10.1. The van der Waals surface area contributed by atoms with Crippen LogP contribution in [0.1, 0.15) is 31.7 Å². The second-order valence-corrected chi connectivity index (χ2v) is 5.34. The fraction of sp³-hybridized carbons (Fsp3) is 0.562. The van der Waals surface area contributed by atoms with Crippen molar-refractivity contribution in [1.29, 1.82) is 0 Å². The first-order chi connectivity index (χ1) is 10.2. The van der Waals surface area contributed by atoms with Gasteiger partial charge in [0.1, 0.15) is 0 Å². The molecule has 0 amide bonds. The summed E-state index contributed by atoms with van der Waals surface area (Å²) >= 11 is 0. The Morgan fingerprint density at radius 3 is 2.81 bits per heavy atom. The predicted molar refractivity (Wildman–Crippen MR) is 85.3 cm³/mol. The Labute approximate surface area is 126 Å². The molecule has 0 unspecified atom stereocenters. The van der Waals surface area contributed by atoms with Crippen molar-refractivity contribution in [3.05, 3.63) is 23.8 Å². The largest absolute Gasteiger partial charge is 0.465 e. The number of benzene rings is 1. The predicted octanol–water partition coefficient (Wildman–Crippen LogP) is 1.91. The van der Waals surface area contributed by atoms with Gasteiger partial charge in [0.2, 0.25) is 0 Å². The number of hydrogen-bond donors (Lipinski definition) is 2. The summed E-state index contributed by atoms with van der Waals surface area (Å²) in [5.41, 5.74) is 9.03. The lowest BCUT2D eigenvalue weighted by Crippen LogP contribution is -2.29. The molecule has 1 fully saturated rings. The first-order valence-corrected chi connectivity index (χ1v) is 7.70. The van der Waals surface area contributed by atoms with Crippen LogP contribution in [0.4, 0.5) is 11.4 Å². The summed E-state index contributed by atoms with van der Waals surface area (Å²) in [5.74, 6) is -0.233. The van der Waals surface area contributed by atoms with Crippen LogP contribution < -0.4 is 16.0 Å². The molecule has 5 nitrogen and oxygen atoms in total. The number of carbonyl (C=O) groups excluding carboxylic acids is 1. The normalized spacial score (nSPS) is 15.0. The number of hydrogen-bond acceptors (Lipinski definition) is 5. The molecule has 3 N–H and O–H groups in total. The highest BCUT2D eigenvalue weighted by atomic mass is 16.5. The molecule has 1 heterocycles. The van der Waals surface area contributed by atoms with Crippen molar-refractivity contribution < 1.29 is 9.53 Å². The minimum Gasteiger partial charge on any atom is -0.465 e. The minimum atomic E-state index is -0.233. The molecule has 1 saturated heterocycles. The van der Waals surface area contributed by atoms with E-state index in [1.807, 2.05) is 6.07 Å². The van der Waals surface area contributed by atoms with Crippen LogP contribution >= 0.6 is 0 Å². The molecule has 0 spiro atoms. The number of carbonyl (C=O) groups is 1. The zero-order valence-corrected chi connectivity index (χ0v) is 12.7. The summed E-state index contributed by atoms with van der Waals surface area (Å²) in [6, 6.07) is 6.15. The van der Waals surface area contributed by atoms with E-state index in [9.17, 15) is 4.79 Å². The molecule has 1 aliphatic rings. The van der Waals surface area contributed by atoms with Gasteiger partial charge in [-0.2, -0.15) is 0 Å². The number of piperidine rings is 1. The van der Waals surface area contributed by atoms with Crippen LogP contribution in [0.15, 0.2) is 18.2 Å². The fourth-order valence-electron chi connectivity index (χ4n) is 2.61. The quantitative estimate of drug-likeness (QED) is 0.619. The minimum absolute atomic E-state index is 0.210. The summed E-state index contributed by atoms with van der Waals surface area (Å²) in [4.78, 5) is 13.7. The van der Waals surface area contributed by atoms with Crippen molar-refractivity contribution in [3.8, 4) is 0 Å². The van der Waals surface area contributed by atoms with E-state index < -0.39 is 0 Å². The molecule has 21 heavy (non-hydrogen) atoms. The zero-order chi connectivity index (χ0) is 15.1. The first-order valence-electron chi connectivity index (χ1n) is 7.70. The van der Waals surface area contributed by atoms with Crippen LogP contribution in [0, 0.1) is 0 Å². The lowest BCUT2D eigenvalue weighted by Gasteiger charge is -2.29. The number of nitrogens with one attached hydrogen (secondary N) is 1. The second kappa shape index (κ2) is 7.88. The number of nitrogens with two attached hydrogens (primary N) is 1. The first kappa shape index (κ1) is 15.6. The van der Waals surface area contributed by atoms with E-state index in [0.29, 0.717) is 13.2 Å². The molecule has 0 aromatic heterocycles. The maximum absolute atomic E-state index is 11.3. The van der Waals surface area contributed by atoms with E-state index in [0.717, 1.165) is 24.3 Å². The Kier molecular flexibility index (Phi) is 5.87. The summed E-state index contributed by atoms with van der Waals surface area (Å²) in [6.45, 7) is 5.22. The lowest BCUT2D eigenvalue weighted by molar-refractivity contribution is -0.142. The highest BCUT2D eigenvalue weighted by Crippen LogP contribution is 2.24. The topological polar surface area (TPSA) is 67.6 Å². The van der Waals surface area contributed by atoms with Crippen molar-refractivity contribution in [3.63, 3.8) is 0 Å². The summed E-state index contributed by atoms with van der Waals surface area (Å²) in [5, 5.41) is 3.08. The van der Waals surface area contributed by atoms with Gasteiger partial charge < -0.3 is 20.7 Å². The number of nitrogens with zero attached hydrogens (tertiary/aromatic N) is 1. The molecule has 0 atom stereocenters. The number of rotatable bonds is 6. The molecular weight excluding hydrogens is 266 g/mol. The number of nitrogen functional groups attached to an aromatic ring is 1. The molecule has 0 bridgehead atoms. The Hall–Kier alpha value is -1.75. The van der Waals surface area contributed by atoms with Crippen LogP contribution in [-0.2, 0) is 16.1 Å². The van der Waals surface area contributed by atoms with Gasteiger partial charge in [-0.05, 0) is 49.9 Å². The van der Waals surface area contributed by atoms with Gasteiger partial charge >= 0.3 is 5.97 Å². The van der Waals surface area contributed by atoms with E-state index in [-0.39, 0.29) is 12.5 Å². The van der Waals surface area contributed by atoms with Crippen LogP contribution in [0.2, 0.25) is 0 Å².